The van der Waals surface area contributed by atoms with Crippen molar-refractivity contribution in [2.24, 2.45) is 0 Å². The molecule has 0 aliphatic carbocycles. The highest BCUT2D eigenvalue weighted by molar-refractivity contribution is 6.18. The Hall–Kier alpha value is -7.43. The number of fused-ring (bicyclic) bond motifs is 6. The van der Waals surface area contributed by atoms with Crippen LogP contribution < -0.4 is 0 Å². The summed E-state index contributed by atoms with van der Waals surface area (Å²) in [6.07, 6.45) is 0. The van der Waals surface area contributed by atoms with Crippen molar-refractivity contribution in [2.45, 2.75) is 0 Å². The van der Waals surface area contributed by atoms with Gasteiger partial charge in [0, 0.05) is 33.0 Å². The van der Waals surface area contributed by atoms with Crippen molar-refractivity contribution in [1.82, 2.24) is 15.0 Å². The molecule has 55 heavy (non-hydrogen) atoms. The fraction of sp³-hybridized carbons (Fsp3) is 0. The minimum absolute atomic E-state index is 0.591. The van der Waals surface area contributed by atoms with Crippen molar-refractivity contribution in [1.29, 1.82) is 0 Å². The topological polar surface area (TPSA) is 51.8 Å². The summed E-state index contributed by atoms with van der Waals surface area (Å²) < 4.78 is 6.82. The summed E-state index contributed by atoms with van der Waals surface area (Å²) in [4.78, 5) is 15.6. The largest absolute Gasteiger partial charge is 0.455 e. The zero-order valence-electron chi connectivity index (χ0n) is 29.6. The fourth-order valence-electron chi connectivity index (χ4n) is 8.05. The van der Waals surface area contributed by atoms with Crippen molar-refractivity contribution in [3.63, 3.8) is 0 Å². The predicted molar refractivity (Wildman–Crippen MR) is 227 cm³/mol. The van der Waals surface area contributed by atoms with Crippen LogP contribution in [0.3, 0.4) is 0 Å². The van der Waals surface area contributed by atoms with Gasteiger partial charge in [-0.2, -0.15) is 0 Å². The smallest absolute Gasteiger partial charge is 0.164 e. The molecule has 11 rings (SSSR count). The predicted octanol–water partition coefficient (Wildman–Crippen LogP) is 13.6. The lowest BCUT2D eigenvalue weighted by Crippen LogP contribution is -2.01. The number of para-hydroxylation sites is 1. The summed E-state index contributed by atoms with van der Waals surface area (Å²) in [6, 6.07) is 65.8. The highest BCUT2D eigenvalue weighted by Gasteiger charge is 2.22. The van der Waals surface area contributed by atoms with Crippen LogP contribution in [0, 0.1) is 0 Å². The van der Waals surface area contributed by atoms with Crippen LogP contribution in [0.2, 0.25) is 0 Å². The van der Waals surface area contributed by atoms with Crippen LogP contribution in [0.1, 0.15) is 0 Å². The molecule has 0 fully saturated rings. The second kappa shape index (κ2) is 12.6. The van der Waals surface area contributed by atoms with Gasteiger partial charge in [0.15, 0.2) is 17.5 Å². The normalized spacial score (nSPS) is 11.6. The van der Waals surface area contributed by atoms with Gasteiger partial charge in [0.05, 0.1) is 0 Å². The van der Waals surface area contributed by atoms with E-state index in [9.17, 15) is 0 Å². The van der Waals surface area contributed by atoms with Crippen molar-refractivity contribution < 1.29 is 4.42 Å². The molecule has 2 heterocycles. The fourth-order valence-corrected chi connectivity index (χ4v) is 8.05. The van der Waals surface area contributed by atoms with E-state index in [1.54, 1.807) is 0 Å². The Bertz CT molecular complexity index is 3180. The van der Waals surface area contributed by atoms with Crippen LogP contribution in [0.5, 0.6) is 0 Å². The summed E-state index contributed by atoms with van der Waals surface area (Å²) in [5.74, 6) is 1.83. The zero-order chi connectivity index (χ0) is 36.3. The third kappa shape index (κ3) is 5.26. The summed E-state index contributed by atoms with van der Waals surface area (Å²) in [7, 11) is 0. The lowest BCUT2D eigenvalue weighted by molar-refractivity contribution is 0.670. The van der Waals surface area contributed by atoms with Gasteiger partial charge >= 0.3 is 0 Å². The Kier molecular flexibility index (Phi) is 7.14. The van der Waals surface area contributed by atoms with E-state index < -0.39 is 0 Å². The third-order valence-corrected chi connectivity index (χ3v) is 10.7. The maximum Gasteiger partial charge on any atom is 0.164 e. The average Bonchev–Trinajstić information content (AvgIpc) is 3.65. The molecule has 4 nitrogen and oxygen atoms in total. The number of furan rings is 1. The van der Waals surface area contributed by atoms with E-state index in [1.165, 1.54) is 27.3 Å². The Morgan fingerprint density at radius 3 is 1.53 bits per heavy atom. The highest BCUT2D eigenvalue weighted by atomic mass is 16.3. The molecule has 0 atom stereocenters. The number of hydrogen-bond acceptors (Lipinski definition) is 4. The van der Waals surface area contributed by atoms with Gasteiger partial charge in [0.25, 0.3) is 0 Å². The molecule has 0 aliphatic heterocycles. The van der Waals surface area contributed by atoms with Crippen molar-refractivity contribution >= 4 is 54.3 Å². The Balaban J connectivity index is 1.16. The van der Waals surface area contributed by atoms with Gasteiger partial charge in [0.1, 0.15) is 11.2 Å². The maximum atomic E-state index is 6.82. The Morgan fingerprint density at radius 2 is 0.836 bits per heavy atom. The van der Waals surface area contributed by atoms with Crippen LogP contribution in [0.25, 0.3) is 111 Å². The molecule has 0 aliphatic rings. The minimum Gasteiger partial charge on any atom is -0.455 e. The van der Waals surface area contributed by atoms with E-state index in [0.29, 0.717) is 17.5 Å². The van der Waals surface area contributed by atoms with E-state index >= 15 is 0 Å². The summed E-state index contributed by atoms with van der Waals surface area (Å²) >= 11 is 0. The summed E-state index contributed by atoms with van der Waals surface area (Å²) in [5, 5.41) is 8.94. The van der Waals surface area contributed by atoms with Gasteiger partial charge in [-0.25, -0.2) is 15.0 Å². The molecule has 0 unspecified atom stereocenters. The number of benzene rings is 9. The van der Waals surface area contributed by atoms with Gasteiger partial charge < -0.3 is 4.42 Å². The molecule has 4 heteroatoms. The van der Waals surface area contributed by atoms with Gasteiger partial charge in [-0.3, -0.25) is 0 Å². The van der Waals surface area contributed by atoms with Crippen molar-refractivity contribution in [3.8, 4) is 56.4 Å². The summed E-state index contributed by atoms with van der Waals surface area (Å²) in [6.45, 7) is 0. The van der Waals surface area contributed by atoms with Crippen LogP contribution in [-0.4, -0.2) is 15.0 Å². The molecular formula is C51H31N3O. The van der Waals surface area contributed by atoms with E-state index in [2.05, 4.69) is 176 Å². The van der Waals surface area contributed by atoms with Gasteiger partial charge in [0.2, 0.25) is 0 Å². The zero-order valence-corrected chi connectivity index (χ0v) is 29.6. The molecule has 9 aromatic carbocycles. The Labute approximate surface area is 317 Å². The average molecular weight is 702 g/mol. The van der Waals surface area contributed by atoms with Crippen LogP contribution >= 0.6 is 0 Å². The second-order valence-corrected chi connectivity index (χ2v) is 14.0. The SMILES string of the molecule is c1ccc(-c2cccc3c(-c4ccc(-c5nc(-c6ccc7ccccc7c6)nc(-c6ccc7ccccc7c6)n5)c5c4oc4ccccc45)cccc23)cc1. The monoisotopic (exact) mass is 701 g/mol. The Morgan fingerprint density at radius 1 is 0.309 bits per heavy atom. The molecule has 0 radical (unpaired) electrons. The molecule has 256 valence electrons. The molecule has 2 aromatic heterocycles. The molecule has 0 bridgehead atoms. The molecular weight excluding hydrogens is 671 g/mol. The number of hydrogen-bond donors (Lipinski definition) is 0. The van der Waals surface area contributed by atoms with E-state index in [1.807, 2.05) is 12.1 Å². The molecule has 0 amide bonds. The van der Waals surface area contributed by atoms with Gasteiger partial charge in [-0.05, 0) is 79.3 Å². The quantitative estimate of drug-likeness (QED) is 0.179. The van der Waals surface area contributed by atoms with Gasteiger partial charge in [-0.15, -0.1) is 0 Å². The molecule has 0 spiro atoms. The van der Waals surface area contributed by atoms with Crippen molar-refractivity contribution in [3.05, 3.63) is 188 Å². The van der Waals surface area contributed by atoms with E-state index in [4.69, 9.17) is 19.4 Å². The first-order valence-corrected chi connectivity index (χ1v) is 18.5. The highest BCUT2D eigenvalue weighted by Crippen LogP contribution is 2.44. The van der Waals surface area contributed by atoms with Crippen LogP contribution in [0.15, 0.2) is 192 Å². The first-order valence-electron chi connectivity index (χ1n) is 18.5. The standard InChI is InChI=1S/C51H31N3O/c1-2-14-34(15-3-1)39-19-10-21-41-40(39)20-11-22-42(41)43-28-29-45(47-44-18-8-9-23-46(44)55-48(43)47)51-53-49(37-26-24-32-12-4-6-16-35(32)30-37)52-50(54-51)38-27-25-33-13-5-7-17-36(33)31-38/h1-31H. The third-order valence-electron chi connectivity index (χ3n) is 10.7. The first-order chi connectivity index (χ1) is 27.2. The molecule has 0 saturated heterocycles. The van der Waals surface area contributed by atoms with E-state index in [-0.39, 0.29) is 0 Å². The first kappa shape index (κ1) is 31.1. The number of aromatic nitrogens is 3. The van der Waals surface area contributed by atoms with Crippen molar-refractivity contribution in [2.75, 3.05) is 0 Å². The maximum absolute atomic E-state index is 6.82. The lowest BCUT2D eigenvalue weighted by Gasteiger charge is -2.13. The number of nitrogens with zero attached hydrogens (tertiary/aromatic N) is 3. The second-order valence-electron chi connectivity index (χ2n) is 14.0. The van der Waals surface area contributed by atoms with Gasteiger partial charge in [-0.1, -0.05) is 158 Å². The molecule has 0 saturated carbocycles. The van der Waals surface area contributed by atoms with Crippen LogP contribution in [-0.2, 0) is 0 Å². The van der Waals surface area contributed by atoms with E-state index in [0.717, 1.165) is 65.9 Å². The summed E-state index contributed by atoms with van der Waals surface area (Å²) in [5.41, 5.74) is 8.88. The lowest BCUT2D eigenvalue weighted by atomic mass is 9.91. The minimum atomic E-state index is 0.591. The van der Waals surface area contributed by atoms with Crippen LogP contribution in [0.4, 0.5) is 0 Å². The molecule has 0 N–H and O–H groups in total. The molecule has 11 aromatic rings. The number of rotatable bonds is 5.